The van der Waals surface area contributed by atoms with E-state index in [1.807, 2.05) is 12.1 Å². The number of carbonyl (C=O) groups is 1. The minimum atomic E-state index is 0.0339. The van der Waals surface area contributed by atoms with Crippen molar-refractivity contribution in [3.63, 3.8) is 0 Å². The lowest BCUT2D eigenvalue weighted by atomic mass is 10.2. The average molecular weight is 292 g/mol. The summed E-state index contributed by atoms with van der Waals surface area (Å²) in [5, 5.41) is 2.88. The molecular formula is C16H28N4O. The van der Waals surface area contributed by atoms with Gasteiger partial charge in [0.2, 0.25) is 5.91 Å². The zero-order valence-electron chi connectivity index (χ0n) is 13.4. The average Bonchev–Trinajstić information content (AvgIpc) is 2.42. The molecule has 0 unspecified atom stereocenters. The van der Waals surface area contributed by atoms with Crippen LogP contribution in [0, 0.1) is 0 Å². The van der Waals surface area contributed by atoms with Gasteiger partial charge in [-0.1, -0.05) is 13.0 Å². The minimum Gasteiger partial charge on any atom is -0.399 e. The predicted octanol–water partition coefficient (Wildman–Crippen LogP) is 1.87. The quantitative estimate of drug-likeness (QED) is 0.682. The molecule has 1 rings (SSSR count). The van der Waals surface area contributed by atoms with Crippen molar-refractivity contribution in [1.82, 2.24) is 9.80 Å². The number of rotatable bonds is 9. The molecule has 21 heavy (non-hydrogen) atoms. The molecule has 0 heterocycles. The minimum absolute atomic E-state index is 0.0339. The lowest BCUT2D eigenvalue weighted by molar-refractivity contribution is -0.116. The summed E-state index contributed by atoms with van der Waals surface area (Å²) in [7, 11) is 4.16. The number of nitrogens with zero attached hydrogens (tertiary/aromatic N) is 2. The van der Waals surface area contributed by atoms with Crippen LogP contribution < -0.4 is 11.1 Å². The number of benzene rings is 1. The molecule has 1 amide bonds. The molecule has 0 saturated heterocycles. The third kappa shape index (κ3) is 7.68. The number of nitrogens with one attached hydrogen (secondary N) is 1. The van der Waals surface area contributed by atoms with Crippen LogP contribution in [0.15, 0.2) is 24.3 Å². The highest BCUT2D eigenvalue weighted by Crippen LogP contribution is 2.12. The maximum absolute atomic E-state index is 11.9. The lowest BCUT2D eigenvalue weighted by Crippen LogP contribution is -2.30. The largest absolute Gasteiger partial charge is 0.399 e. The number of carbonyl (C=O) groups excluding carboxylic acids is 1. The summed E-state index contributed by atoms with van der Waals surface area (Å²) < 4.78 is 0. The van der Waals surface area contributed by atoms with Crippen LogP contribution >= 0.6 is 0 Å². The van der Waals surface area contributed by atoms with E-state index in [2.05, 4.69) is 36.1 Å². The van der Waals surface area contributed by atoms with Crippen LogP contribution in [0.25, 0.3) is 0 Å². The Hall–Kier alpha value is -1.59. The zero-order valence-corrected chi connectivity index (χ0v) is 13.4. The molecule has 0 radical (unpaired) electrons. The molecule has 5 nitrogen and oxygen atoms in total. The smallest absolute Gasteiger partial charge is 0.225 e. The molecule has 1 aromatic rings. The first-order valence-electron chi connectivity index (χ1n) is 7.53. The third-order valence-corrected chi connectivity index (χ3v) is 3.35. The fourth-order valence-corrected chi connectivity index (χ4v) is 2.14. The molecule has 0 atom stereocenters. The van der Waals surface area contributed by atoms with Crippen LogP contribution in [-0.4, -0.2) is 56.0 Å². The molecule has 3 N–H and O–H groups in total. The van der Waals surface area contributed by atoms with E-state index in [4.69, 9.17) is 5.73 Å². The highest BCUT2D eigenvalue weighted by Gasteiger charge is 2.07. The van der Waals surface area contributed by atoms with Crippen molar-refractivity contribution in [2.45, 2.75) is 19.8 Å². The fourth-order valence-electron chi connectivity index (χ4n) is 2.14. The van der Waals surface area contributed by atoms with Crippen LogP contribution in [0.3, 0.4) is 0 Å². The molecule has 5 heteroatoms. The number of hydrogen-bond donors (Lipinski definition) is 2. The summed E-state index contributed by atoms with van der Waals surface area (Å²) in [6, 6.07) is 7.26. The molecule has 0 spiro atoms. The SMILES string of the molecule is CCN(CCCN(C)C)CCC(=O)Nc1cccc(N)c1. The van der Waals surface area contributed by atoms with E-state index in [-0.39, 0.29) is 5.91 Å². The van der Waals surface area contributed by atoms with Crippen molar-refractivity contribution >= 4 is 17.3 Å². The van der Waals surface area contributed by atoms with Crippen LogP contribution in [0.1, 0.15) is 19.8 Å². The Morgan fingerprint density at radius 1 is 1.24 bits per heavy atom. The topological polar surface area (TPSA) is 61.6 Å². The second-order valence-corrected chi connectivity index (χ2v) is 5.51. The number of amides is 1. The molecule has 0 aromatic heterocycles. The number of hydrogen-bond acceptors (Lipinski definition) is 4. The number of nitrogens with two attached hydrogens (primary N) is 1. The predicted molar refractivity (Wildman–Crippen MR) is 89.4 cm³/mol. The summed E-state index contributed by atoms with van der Waals surface area (Å²) in [5.74, 6) is 0.0339. The molecule has 0 aliphatic rings. The Kier molecular flexibility index (Phi) is 7.79. The van der Waals surface area contributed by atoms with E-state index >= 15 is 0 Å². The fraction of sp³-hybridized carbons (Fsp3) is 0.562. The Labute approximate surface area is 128 Å². The molecule has 0 aliphatic carbocycles. The summed E-state index contributed by atoms with van der Waals surface area (Å²) in [6.07, 6.45) is 1.63. The molecule has 0 aliphatic heterocycles. The summed E-state index contributed by atoms with van der Waals surface area (Å²) in [6.45, 7) is 5.99. The maximum Gasteiger partial charge on any atom is 0.225 e. The standard InChI is InChI=1S/C16H28N4O/c1-4-20(11-6-10-19(2)3)12-9-16(21)18-15-8-5-7-14(17)13-15/h5,7-8,13H,4,6,9-12,17H2,1-3H3,(H,18,21). The van der Waals surface area contributed by atoms with Gasteiger partial charge in [-0.25, -0.2) is 0 Å². The summed E-state index contributed by atoms with van der Waals surface area (Å²) in [5.41, 5.74) is 7.11. The van der Waals surface area contributed by atoms with E-state index in [1.54, 1.807) is 12.1 Å². The maximum atomic E-state index is 11.9. The Morgan fingerprint density at radius 2 is 2.00 bits per heavy atom. The summed E-state index contributed by atoms with van der Waals surface area (Å²) >= 11 is 0. The molecule has 118 valence electrons. The van der Waals surface area contributed by atoms with Crippen molar-refractivity contribution in [1.29, 1.82) is 0 Å². The second kappa shape index (κ2) is 9.37. The highest BCUT2D eigenvalue weighted by molar-refractivity contribution is 5.91. The second-order valence-electron chi connectivity index (χ2n) is 5.51. The van der Waals surface area contributed by atoms with Crippen molar-refractivity contribution < 1.29 is 4.79 Å². The number of anilines is 2. The van der Waals surface area contributed by atoms with Crippen molar-refractivity contribution in [3.8, 4) is 0 Å². The molecule has 0 bridgehead atoms. The van der Waals surface area contributed by atoms with Gasteiger partial charge in [-0.3, -0.25) is 4.79 Å². The van der Waals surface area contributed by atoms with Gasteiger partial charge in [0.25, 0.3) is 0 Å². The van der Waals surface area contributed by atoms with E-state index in [0.717, 1.165) is 38.3 Å². The van der Waals surface area contributed by atoms with E-state index in [9.17, 15) is 4.79 Å². The zero-order chi connectivity index (χ0) is 15.7. The van der Waals surface area contributed by atoms with Crippen LogP contribution in [0.2, 0.25) is 0 Å². The first-order valence-corrected chi connectivity index (χ1v) is 7.53. The number of nitrogen functional groups attached to an aromatic ring is 1. The van der Waals surface area contributed by atoms with Crippen LogP contribution in [0.5, 0.6) is 0 Å². The van der Waals surface area contributed by atoms with Gasteiger partial charge in [0.1, 0.15) is 0 Å². The Balaban J connectivity index is 2.30. The Morgan fingerprint density at radius 3 is 2.62 bits per heavy atom. The molecular weight excluding hydrogens is 264 g/mol. The lowest BCUT2D eigenvalue weighted by Gasteiger charge is -2.21. The van der Waals surface area contributed by atoms with Gasteiger partial charge in [-0.15, -0.1) is 0 Å². The first-order chi connectivity index (χ1) is 10.0. The third-order valence-electron chi connectivity index (χ3n) is 3.35. The highest BCUT2D eigenvalue weighted by atomic mass is 16.1. The molecule has 0 fully saturated rings. The van der Waals surface area contributed by atoms with E-state index < -0.39 is 0 Å². The van der Waals surface area contributed by atoms with Gasteiger partial charge in [0.15, 0.2) is 0 Å². The van der Waals surface area contributed by atoms with Crippen LogP contribution in [0.4, 0.5) is 11.4 Å². The van der Waals surface area contributed by atoms with Gasteiger partial charge in [-0.05, 0) is 58.3 Å². The monoisotopic (exact) mass is 292 g/mol. The van der Waals surface area contributed by atoms with Crippen LogP contribution in [-0.2, 0) is 4.79 Å². The molecule has 0 saturated carbocycles. The Bertz CT molecular complexity index is 434. The van der Waals surface area contributed by atoms with Gasteiger partial charge in [0.05, 0.1) is 0 Å². The van der Waals surface area contributed by atoms with Gasteiger partial charge < -0.3 is 20.9 Å². The first kappa shape index (κ1) is 17.5. The molecule has 1 aromatic carbocycles. The van der Waals surface area contributed by atoms with Gasteiger partial charge >= 0.3 is 0 Å². The van der Waals surface area contributed by atoms with E-state index in [0.29, 0.717) is 12.1 Å². The van der Waals surface area contributed by atoms with Crippen molar-refractivity contribution in [3.05, 3.63) is 24.3 Å². The van der Waals surface area contributed by atoms with E-state index in [1.165, 1.54) is 0 Å². The summed E-state index contributed by atoms with van der Waals surface area (Å²) in [4.78, 5) is 16.4. The normalized spacial score (nSPS) is 11.1. The van der Waals surface area contributed by atoms with Crippen molar-refractivity contribution in [2.24, 2.45) is 0 Å². The van der Waals surface area contributed by atoms with Crippen molar-refractivity contribution in [2.75, 3.05) is 51.3 Å². The van der Waals surface area contributed by atoms with Gasteiger partial charge in [0, 0.05) is 24.3 Å². The van der Waals surface area contributed by atoms with Gasteiger partial charge in [-0.2, -0.15) is 0 Å².